The molecule has 20 heavy (non-hydrogen) atoms. The second-order valence-corrected chi connectivity index (χ2v) is 5.26. The average molecular weight is 272 g/mol. The summed E-state index contributed by atoms with van der Waals surface area (Å²) in [4.78, 5) is 0. The summed E-state index contributed by atoms with van der Waals surface area (Å²) < 4.78 is 19.4. The first-order chi connectivity index (χ1) is 9.74. The van der Waals surface area contributed by atoms with E-state index in [1.807, 2.05) is 30.3 Å². The highest BCUT2D eigenvalue weighted by atomic mass is 19.1. The van der Waals surface area contributed by atoms with Gasteiger partial charge >= 0.3 is 0 Å². The molecule has 2 aromatic carbocycles. The lowest BCUT2D eigenvalue weighted by molar-refractivity contribution is 0.219. The first-order valence-electron chi connectivity index (χ1n) is 6.89. The van der Waals surface area contributed by atoms with Crippen LogP contribution in [-0.2, 0) is 0 Å². The van der Waals surface area contributed by atoms with Gasteiger partial charge in [-0.3, -0.25) is 0 Å². The molecule has 104 valence electrons. The number of hydrogen-bond donors (Lipinski definition) is 1. The summed E-state index contributed by atoms with van der Waals surface area (Å²) in [5, 5.41) is 10.2. The molecule has 0 spiro atoms. The fourth-order valence-corrected chi connectivity index (χ4v) is 2.12. The molecular weight excluding hydrogens is 255 g/mol. The molecule has 2 nitrogen and oxygen atoms in total. The zero-order valence-electron chi connectivity index (χ0n) is 11.1. The first-order valence-corrected chi connectivity index (χ1v) is 6.89. The van der Waals surface area contributed by atoms with E-state index < -0.39 is 11.9 Å². The molecule has 3 rings (SSSR count). The molecule has 1 saturated carbocycles. The second kappa shape index (κ2) is 5.63. The van der Waals surface area contributed by atoms with Crippen LogP contribution in [0.5, 0.6) is 5.75 Å². The molecule has 0 heterocycles. The largest absolute Gasteiger partial charge is 0.490 e. The number of rotatable bonds is 5. The smallest absolute Gasteiger partial charge is 0.165 e. The fraction of sp³-hybridized carbons (Fsp3) is 0.294. The van der Waals surface area contributed by atoms with Crippen molar-refractivity contribution in [3.63, 3.8) is 0 Å². The van der Waals surface area contributed by atoms with Gasteiger partial charge in [-0.2, -0.15) is 0 Å². The van der Waals surface area contributed by atoms with Crippen molar-refractivity contribution >= 4 is 0 Å². The van der Waals surface area contributed by atoms with Gasteiger partial charge in [0, 0.05) is 0 Å². The number of aliphatic hydroxyl groups is 1. The molecule has 1 atom stereocenters. The van der Waals surface area contributed by atoms with E-state index in [1.165, 1.54) is 18.9 Å². The summed E-state index contributed by atoms with van der Waals surface area (Å²) in [5.74, 6) is 0.433. The summed E-state index contributed by atoms with van der Waals surface area (Å²) in [7, 11) is 0. The predicted molar refractivity (Wildman–Crippen MR) is 75.1 cm³/mol. The molecule has 1 fully saturated rings. The van der Waals surface area contributed by atoms with Crippen molar-refractivity contribution < 1.29 is 14.2 Å². The van der Waals surface area contributed by atoms with E-state index in [2.05, 4.69) is 0 Å². The van der Waals surface area contributed by atoms with Crippen LogP contribution in [0.4, 0.5) is 4.39 Å². The molecule has 0 saturated heterocycles. The Balaban J connectivity index is 1.75. The van der Waals surface area contributed by atoms with Crippen molar-refractivity contribution in [3.8, 4) is 5.75 Å². The van der Waals surface area contributed by atoms with Gasteiger partial charge in [0.25, 0.3) is 0 Å². The molecule has 3 heteroatoms. The van der Waals surface area contributed by atoms with Crippen LogP contribution < -0.4 is 4.74 Å². The second-order valence-electron chi connectivity index (χ2n) is 5.26. The van der Waals surface area contributed by atoms with Gasteiger partial charge in [-0.05, 0) is 42.0 Å². The zero-order valence-corrected chi connectivity index (χ0v) is 11.1. The number of aliphatic hydroxyl groups excluding tert-OH is 1. The minimum atomic E-state index is -0.816. The lowest BCUT2D eigenvalue weighted by Crippen LogP contribution is -2.03. The number of benzene rings is 2. The Labute approximate surface area is 117 Å². The Morgan fingerprint density at radius 1 is 1.10 bits per heavy atom. The highest BCUT2D eigenvalue weighted by molar-refractivity contribution is 5.35. The van der Waals surface area contributed by atoms with Gasteiger partial charge in [0.15, 0.2) is 11.6 Å². The highest BCUT2D eigenvalue weighted by Gasteiger charge is 2.22. The van der Waals surface area contributed by atoms with Gasteiger partial charge in [-0.15, -0.1) is 0 Å². The van der Waals surface area contributed by atoms with Gasteiger partial charge < -0.3 is 9.84 Å². The van der Waals surface area contributed by atoms with E-state index >= 15 is 0 Å². The molecule has 2 aromatic rings. The molecule has 0 aliphatic heterocycles. The third kappa shape index (κ3) is 2.99. The Morgan fingerprint density at radius 3 is 2.50 bits per heavy atom. The Kier molecular flexibility index (Phi) is 3.70. The minimum Gasteiger partial charge on any atom is -0.490 e. The SMILES string of the molecule is OC(c1ccccc1)c1ccc(OCC2CC2)c(F)c1. The van der Waals surface area contributed by atoms with E-state index in [-0.39, 0.29) is 5.75 Å². The number of hydrogen-bond acceptors (Lipinski definition) is 2. The quantitative estimate of drug-likeness (QED) is 0.899. The van der Waals surface area contributed by atoms with Crippen molar-refractivity contribution in [2.45, 2.75) is 18.9 Å². The number of ether oxygens (including phenoxy) is 1. The van der Waals surface area contributed by atoms with E-state index in [1.54, 1.807) is 12.1 Å². The first kappa shape index (κ1) is 13.1. The molecule has 0 amide bonds. The minimum absolute atomic E-state index is 0.265. The molecule has 1 unspecified atom stereocenters. The van der Waals surface area contributed by atoms with E-state index in [0.717, 1.165) is 5.56 Å². The van der Waals surface area contributed by atoms with Crippen LogP contribution in [0.2, 0.25) is 0 Å². The molecule has 0 bridgehead atoms. The highest BCUT2D eigenvalue weighted by Crippen LogP contribution is 2.31. The molecule has 0 aromatic heterocycles. The van der Waals surface area contributed by atoms with Crippen molar-refractivity contribution in [1.82, 2.24) is 0 Å². The van der Waals surface area contributed by atoms with Crippen molar-refractivity contribution in [3.05, 3.63) is 65.5 Å². The topological polar surface area (TPSA) is 29.5 Å². The van der Waals surface area contributed by atoms with Gasteiger partial charge in [0.2, 0.25) is 0 Å². The van der Waals surface area contributed by atoms with Crippen molar-refractivity contribution in [2.24, 2.45) is 5.92 Å². The molecule has 1 aliphatic rings. The van der Waals surface area contributed by atoms with Gasteiger partial charge in [0.1, 0.15) is 6.10 Å². The fourth-order valence-electron chi connectivity index (χ4n) is 2.12. The van der Waals surface area contributed by atoms with Crippen LogP contribution in [0.1, 0.15) is 30.1 Å². The van der Waals surface area contributed by atoms with Gasteiger partial charge in [-0.1, -0.05) is 36.4 Å². The lowest BCUT2D eigenvalue weighted by atomic mass is 10.0. The van der Waals surface area contributed by atoms with Crippen LogP contribution in [0.15, 0.2) is 48.5 Å². The van der Waals surface area contributed by atoms with Crippen LogP contribution in [-0.4, -0.2) is 11.7 Å². The standard InChI is InChI=1S/C17H17FO2/c18-15-10-14(17(19)13-4-2-1-3-5-13)8-9-16(15)20-11-12-6-7-12/h1-5,8-10,12,17,19H,6-7,11H2. The normalized spacial score (nSPS) is 15.9. The van der Waals surface area contributed by atoms with Crippen LogP contribution >= 0.6 is 0 Å². The maximum atomic E-state index is 14.0. The van der Waals surface area contributed by atoms with Crippen LogP contribution in [0, 0.1) is 11.7 Å². The Morgan fingerprint density at radius 2 is 1.85 bits per heavy atom. The third-order valence-electron chi connectivity index (χ3n) is 3.56. The van der Waals surface area contributed by atoms with E-state index in [9.17, 15) is 9.50 Å². The molecule has 1 N–H and O–H groups in total. The Bertz CT molecular complexity index is 579. The van der Waals surface area contributed by atoms with E-state index in [0.29, 0.717) is 18.1 Å². The summed E-state index contributed by atoms with van der Waals surface area (Å²) in [6, 6.07) is 13.9. The maximum Gasteiger partial charge on any atom is 0.165 e. The molecule has 1 aliphatic carbocycles. The predicted octanol–water partition coefficient (Wildman–Crippen LogP) is 3.70. The summed E-state index contributed by atoms with van der Waals surface area (Å²) in [6.07, 6.45) is 1.53. The zero-order chi connectivity index (χ0) is 13.9. The van der Waals surface area contributed by atoms with Gasteiger partial charge in [-0.25, -0.2) is 4.39 Å². The molecular formula is C17H17FO2. The lowest BCUT2D eigenvalue weighted by Gasteiger charge is -2.13. The van der Waals surface area contributed by atoms with Crippen molar-refractivity contribution in [2.75, 3.05) is 6.61 Å². The number of halogens is 1. The monoisotopic (exact) mass is 272 g/mol. The average Bonchev–Trinajstić information content (AvgIpc) is 3.30. The molecule has 0 radical (unpaired) electrons. The third-order valence-corrected chi connectivity index (χ3v) is 3.56. The maximum absolute atomic E-state index is 14.0. The summed E-state index contributed by atoms with van der Waals surface area (Å²) in [6.45, 7) is 0.581. The van der Waals surface area contributed by atoms with Crippen molar-refractivity contribution in [1.29, 1.82) is 0 Å². The van der Waals surface area contributed by atoms with E-state index in [4.69, 9.17) is 4.74 Å². The summed E-state index contributed by atoms with van der Waals surface area (Å²) in [5.41, 5.74) is 1.28. The Hall–Kier alpha value is -1.87. The van der Waals surface area contributed by atoms with Gasteiger partial charge in [0.05, 0.1) is 6.61 Å². The summed E-state index contributed by atoms with van der Waals surface area (Å²) >= 11 is 0. The van der Waals surface area contributed by atoms with Crippen LogP contribution in [0.3, 0.4) is 0 Å². The van der Waals surface area contributed by atoms with Crippen LogP contribution in [0.25, 0.3) is 0 Å².